The molecule has 4 heteroatoms. The third kappa shape index (κ3) is 4.22. The van der Waals surface area contributed by atoms with Gasteiger partial charge in [0.15, 0.2) is 0 Å². The van der Waals surface area contributed by atoms with Gasteiger partial charge < -0.3 is 4.42 Å². The van der Waals surface area contributed by atoms with E-state index in [1.54, 1.807) is 0 Å². The molecular formula is C51H33N3O. The quantitative estimate of drug-likeness (QED) is 0.184. The van der Waals surface area contributed by atoms with E-state index in [9.17, 15) is 0 Å². The van der Waals surface area contributed by atoms with Gasteiger partial charge in [0.05, 0.1) is 22.2 Å². The molecule has 4 nitrogen and oxygen atoms in total. The van der Waals surface area contributed by atoms with Crippen LogP contribution in [0.5, 0.6) is 0 Å². The normalized spacial score (nSPS) is 13.4. The average Bonchev–Trinajstić information content (AvgIpc) is 3.85. The Morgan fingerprint density at radius 3 is 2.07 bits per heavy atom. The maximum Gasteiger partial charge on any atom is 0.235 e. The summed E-state index contributed by atoms with van der Waals surface area (Å²) in [5, 5.41) is 8.26. The van der Waals surface area contributed by atoms with Crippen molar-refractivity contribution in [2.45, 2.75) is 19.3 Å². The van der Waals surface area contributed by atoms with Crippen LogP contribution in [0.3, 0.4) is 0 Å². The molecule has 0 spiro atoms. The van der Waals surface area contributed by atoms with Crippen molar-refractivity contribution in [1.29, 1.82) is 0 Å². The zero-order chi connectivity index (χ0) is 36.4. The third-order valence-electron chi connectivity index (χ3n) is 12.0. The Bertz CT molecular complexity index is 3400. The van der Waals surface area contributed by atoms with Gasteiger partial charge >= 0.3 is 0 Å². The summed E-state index contributed by atoms with van der Waals surface area (Å²) in [5.41, 5.74) is 14.2. The van der Waals surface area contributed by atoms with Gasteiger partial charge in [-0.2, -0.15) is 0 Å². The minimum atomic E-state index is -0.190. The molecule has 0 unspecified atom stereocenters. The summed E-state index contributed by atoms with van der Waals surface area (Å²) >= 11 is 0. The van der Waals surface area contributed by atoms with Crippen LogP contribution in [-0.2, 0) is 5.41 Å². The summed E-state index contributed by atoms with van der Waals surface area (Å²) in [6, 6.07) is 58.5. The van der Waals surface area contributed by atoms with Crippen LogP contribution in [0.15, 0.2) is 168 Å². The predicted octanol–water partition coefficient (Wildman–Crippen LogP) is 13.4. The van der Waals surface area contributed by atoms with Crippen LogP contribution in [0.25, 0.3) is 105 Å². The predicted molar refractivity (Wildman–Crippen MR) is 227 cm³/mol. The maximum absolute atomic E-state index is 6.39. The molecule has 1 aliphatic carbocycles. The summed E-state index contributed by atoms with van der Waals surface area (Å²) in [4.78, 5) is 10.7. The molecule has 1 aliphatic rings. The Balaban J connectivity index is 1.05. The summed E-state index contributed by atoms with van der Waals surface area (Å²) in [6.45, 7) is 4.73. The Morgan fingerprint density at radius 2 is 1.20 bits per heavy atom. The van der Waals surface area contributed by atoms with Crippen LogP contribution >= 0.6 is 0 Å². The van der Waals surface area contributed by atoms with Crippen molar-refractivity contribution in [2.75, 3.05) is 0 Å². The highest BCUT2D eigenvalue weighted by Crippen LogP contribution is 2.53. The molecule has 0 bridgehead atoms. The van der Waals surface area contributed by atoms with Crippen LogP contribution in [-0.4, -0.2) is 14.5 Å². The van der Waals surface area contributed by atoms with Gasteiger partial charge in [0.25, 0.3) is 0 Å². The van der Waals surface area contributed by atoms with Gasteiger partial charge in [-0.15, -0.1) is 0 Å². The number of hydrogen-bond donors (Lipinski definition) is 0. The van der Waals surface area contributed by atoms with Gasteiger partial charge in [-0.1, -0.05) is 147 Å². The van der Waals surface area contributed by atoms with Crippen molar-refractivity contribution in [2.24, 2.45) is 0 Å². The number of nitrogens with zero attached hydrogens (tertiary/aromatic N) is 3. The lowest BCUT2D eigenvalue weighted by atomic mass is 9.80. The smallest absolute Gasteiger partial charge is 0.235 e. The molecule has 11 aromatic rings. The molecule has 0 saturated carbocycles. The number of aromatic nitrogens is 3. The molecule has 3 heterocycles. The van der Waals surface area contributed by atoms with Crippen molar-refractivity contribution < 1.29 is 4.42 Å². The monoisotopic (exact) mass is 703 g/mol. The van der Waals surface area contributed by atoms with E-state index in [2.05, 4.69) is 170 Å². The van der Waals surface area contributed by atoms with Crippen LogP contribution in [0, 0.1) is 0 Å². The number of hydrogen-bond acceptors (Lipinski definition) is 3. The number of benzene rings is 8. The average molecular weight is 704 g/mol. The lowest BCUT2D eigenvalue weighted by molar-refractivity contribution is 0.667. The highest BCUT2D eigenvalue weighted by Gasteiger charge is 2.38. The summed E-state index contributed by atoms with van der Waals surface area (Å²) in [5.74, 6) is 0.662. The van der Waals surface area contributed by atoms with Crippen LogP contribution in [0.1, 0.15) is 25.0 Å². The molecule has 0 fully saturated rings. The number of rotatable bonds is 3. The molecule has 12 rings (SSSR count). The molecule has 3 aromatic heterocycles. The van der Waals surface area contributed by atoms with Crippen molar-refractivity contribution >= 4 is 65.4 Å². The van der Waals surface area contributed by atoms with E-state index in [0.717, 1.165) is 66.3 Å². The van der Waals surface area contributed by atoms with Gasteiger partial charge in [-0.25, -0.2) is 9.97 Å². The Hall–Kier alpha value is -7.04. The van der Waals surface area contributed by atoms with E-state index in [1.165, 1.54) is 43.8 Å². The summed E-state index contributed by atoms with van der Waals surface area (Å²) in [6.07, 6.45) is 0. The number of fused-ring (bicyclic) bond motifs is 12. The van der Waals surface area contributed by atoms with E-state index in [-0.39, 0.29) is 5.41 Å². The minimum Gasteiger partial charge on any atom is -0.455 e. The zero-order valence-electron chi connectivity index (χ0n) is 30.3. The van der Waals surface area contributed by atoms with Crippen molar-refractivity contribution in [3.63, 3.8) is 0 Å². The van der Waals surface area contributed by atoms with Crippen LogP contribution < -0.4 is 0 Å². The summed E-state index contributed by atoms with van der Waals surface area (Å²) < 4.78 is 8.66. The number of para-hydroxylation sites is 4. The lowest BCUT2D eigenvalue weighted by Gasteiger charge is -2.23. The molecule has 8 aromatic carbocycles. The number of furan rings is 1. The topological polar surface area (TPSA) is 43.9 Å². The van der Waals surface area contributed by atoms with Crippen molar-refractivity contribution in [3.05, 3.63) is 175 Å². The van der Waals surface area contributed by atoms with Gasteiger partial charge in [0, 0.05) is 43.5 Å². The minimum absolute atomic E-state index is 0.190. The highest BCUT2D eigenvalue weighted by atomic mass is 16.3. The molecule has 0 atom stereocenters. The van der Waals surface area contributed by atoms with Crippen LogP contribution in [0.2, 0.25) is 0 Å². The molecule has 55 heavy (non-hydrogen) atoms. The standard InChI is InChI=1S/C51H33N3O/c1-51(2)42-29-45-41(28-40(42)37-27-26-30-12-3-4-13-33(30)47(37)51)35-14-6-9-20-44(35)54(45)50-52-43-19-8-5-16-39(43)48(53-50)32-24-22-31(23-25-32)34-17-11-18-38-36-15-7-10-21-46(36)55-49(34)38/h3-29H,1-2H3. The molecule has 0 aliphatic heterocycles. The van der Waals surface area contributed by atoms with E-state index in [1.807, 2.05) is 12.1 Å². The SMILES string of the molecule is CC1(C)c2cc3c(cc2-c2ccc4ccccc4c21)c1ccccc1n3-c1nc(-c2ccc(-c3cccc4c3oc3ccccc34)cc2)c2ccccc2n1. The van der Waals surface area contributed by atoms with Crippen LogP contribution in [0.4, 0.5) is 0 Å². The fourth-order valence-corrected chi connectivity index (χ4v) is 9.44. The van der Waals surface area contributed by atoms with E-state index < -0.39 is 0 Å². The largest absolute Gasteiger partial charge is 0.455 e. The van der Waals surface area contributed by atoms with Gasteiger partial charge in [0.1, 0.15) is 11.2 Å². The Labute approximate surface area is 316 Å². The molecule has 258 valence electrons. The first kappa shape index (κ1) is 30.4. The van der Waals surface area contributed by atoms with Gasteiger partial charge in [0.2, 0.25) is 5.95 Å². The van der Waals surface area contributed by atoms with E-state index in [0.29, 0.717) is 5.95 Å². The Morgan fingerprint density at radius 1 is 0.491 bits per heavy atom. The fraction of sp³-hybridized carbons (Fsp3) is 0.0588. The first-order valence-corrected chi connectivity index (χ1v) is 18.9. The van der Waals surface area contributed by atoms with E-state index >= 15 is 0 Å². The Kier molecular flexibility index (Phi) is 6.09. The molecule has 0 amide bonds. The first-order valence-electron chi connectivity index (χ1n) is 18.9. The summed E-state index contributed by atoms with van der Waals surface area (Å²) in [7, 11) is 0. The van der Waals surface area contributed by atoms with E-state index in [4.69, 9.17) is 14.4 Å². The highest BCUT2D eigenvalue weighted by molar-refractivity contribution is 6.13. The van der Waals surface area contributed by atoms with Gasteiger partial charge in [-0.3, -0.25) is 4.57 Å². The van der Waals surface area contributed by atoms with Crippen molar-refractivity contribution in [1.82, 2.24) is 14.5 Å². The second-order valence-electron chi connectivity index (χ2n) is 15.3. The third-order valence-corrected chi connectivity index (χ3v) is 12.0. The molecule has 0 N–H and O–H groups in total. The molecule has 0 radical (unpaired) electrons. The second kappa shape index (κ2) is 11.0. The zero-order valence-corrected chi connectivity index (χ0v) is 30.3. The lowest BCUT2D eigenvalue weighted by Crippen LogP contribution is -2.15. The molecular weight excluding hydrogens is 671 g/mol. The van der Waals surface area contributed by atoms with Crippen molar-refractivity contribution in [3.8, 4) is 39.5 Å². The fourth-order valence-electron chi connectivity index (χ4n) is 9.44. The maximum atomic E-state index is 6.39. The van der Waals surface area contributed by atoms with Gasteiger partial charge in [-0.05, 0) is 68.9 Å². The molecule has 0 saturated heterocycles. The second-order valence-corrected chi connectivity index (χ2v) is 15.3. The first-order chi connectivity index (χ1) is 27.0.